The number of likely N-dealkylation sites (N-methyl/N-ethyl adjacent to an activating group) is 2. The van der Waals surface area contributed by atoms with Crippen molar-refractivity contribution in [2.24, 2.45) is 0 Å². The molecule has 0 aliphatic heterocycles. The standard InChI is InChI=1S/C11H15N3O3/c1-13-10(15)6-14(2)9-4-3-7(11(16)17)5-8(9)12/h3-5H,6,12H2,1-2H3,(H,13,15)(H,16,17). The van der Waals surface area contributed by atoms with Crippen molar-refractivity contribution in [3.63, 3.8) is 0 Å². The normalized spacial score (nSPS) is 9.76. The van der Waals surface area contributed by atoms with Crippen LogP contribution in [0.25, 0.3) is 0 Å². The van der Waals surface area contributed by atoms with Gasteiger partial charge >= 0.3 is 5.97 Å². The molecule has 1 amide bonds. The quantitative estimate of drug-likeness (QED) is 0.648. The predicted molar refractivity (Wildman–Crippen MR) is 65.2 cm³/mol. The maximum atomic E-state index is 11.2. The van der Waals surface area contributed by atoms with Gasteiger partial charge in [0.15, 0.2) is 0 Å². The van der Waals surface area contributed by atoms with Crippen LogP contribution in [0.1, 0.15) is 10.4 Å². The van der Waals surface area contributed by atoms with E-state index in [1.165, 1.54) is 12.1 Å². The number of carbonyl (C=O) groups is 2. The summed E-state index contributed by atoms with van der Waals surface area (Å²) in [6.45, 7) is 0.160. The first-order valence-corrected chi connectivity index (χ1v) is 5.00. The Labute approximate surface area is 99.0 Å². The largest absolute Gasteiger partial charge is 0.478 e. The number of carboxylic acid groups (broad SMARTS) is 1. The summed E-state index contributed by atoms with van der Waals surface area (Å²) in [5.74, 6) is -1.17. The second kappa shape index (κ2) is 5.20. The van der Waals surface area contributed by atoms with E-state index in [-0.39, 0.29) is 18.0 Å². The highest BCUT2D eigenvalue weighted by Crippen LogP contribution is 2.23. The Bertz CT molecular complexity index is 446. The van der Waals surface area contributed by atoms with Gasteiger partial charge in [-0.05, 0) is 18.2 Å². The molecule has 17 heavy (non-hydrogen) atoms. The van der Waals surface area contributed by atoms with Crippen molar-refractivity contribution in [3.8, 4) is 0 Å². The third-order valence-electron chi connectivity index (χ3n) is 2.35. The molecule has 0 saturated heterocycles. The minimum Gasteiger partial charge on any atom is -0.478 e. The number of carbonyl (C=O) groups excluding carboxylic acids is 1. The third-order valence-corrected chi connectivity index (χ3v) is 2.35. The highest BCUT2D eigenvalue weighted by Gasteiger charge is 2.11. The molecule has 0 heterocycles. The van der Waals surface area contributed by atoms with Crippen molar-refractivity contribution in [2.75, 3.05) is 31.3 Å². The maximum Gasteiger partial charge on any atom is 0.335 e. The fraction of sp³-hybridized carbons (Fsp3) is 0.273. The zero-order chi connectivity index (χ0) is 13.0. The lowest BCUT2D eigenvalue weighted by Gasteiger charge is -2.20. The molecule has 0 aromatic heterocycles. The first-order chi connectivity index (χ1) is 7.95. The molecule has 0 saturated carbocycles. The van der Waals surface area contributed by atoms with Gasteiger partial charge in [-0.1, -0.05) is 0 Å². The van der Waals surface area contributed by atoms with Gasteiger partial charge < -0.3 is 21.1 Å². The van der Waals surface area contributed by atoms with Crippen LogP contribution >= 0.6 is 0 Å². The lowest BCUT2D eigenvalue weighted by Crippen LogP contribution is -2.33. The molecule has 0 spiro atoms. The van der Waals surface area contributed by atoms with E-state index in [1.54, 1.807) is 25.1 Å². The number of nitrogens with one attached hydrogen (secondary N) is 1. The third kappa shape index (κ3) is 3.10. The van der Waals surface area contributed by atoms with E-state index in [4.69, 9.17) is 10.8 Å². The lowest BCUT2D eigenvalue weighted by atomic mass is 10.1. The number of amides is 1. The summed E-state index contributed by atoms with van der Waals surface area (Å²) in [6.07, 6.45) is 0. The maximum absolute atomic E-state index is 11.2. The zero-order valence-electron chi connectivity index (χ0n) is 9.73. The van der Waals surface area contributed by atoms with Gasteiger partial charge in [0, 0.05) is 14.1 Å². The Kier molecular flexibility index (Phi) is 3.92. The van der Waals surface area contributed by atoms with Crippen molar-refractivity contribution >= 4 is 23.3 Å². The van der Waals surface area contributed by atoms with Crippen LogP contribution in [0.2, 0.25) is 0 Å². The SMILES string of the molecule is CNC(=O)CN(C)c1ccc(C(=O)O)cc1N. The second-order valence-corrected chi connectivity index (χ2v) is 3.61. The van der Waals surface area contributed by atoms with Crippen molar-refractivity contribution in [1.29, 1.82) is 0 Å². The number of nitrogens with two attached hydrogens (primary N) is 1. The number of carboxylic acids is 1. The molecule has 1 aromatic carbocycles. The van der Waals surface area contributed by atoms with E-state index in [2.05, 4.69) is 5.32 Å². The number of nitrogen functional groups attached to an aromatic ring is 1. The molecule has 0 aliphatic rings. The number of rotatable bonds is 4. The minimum absolute atomic E-state index is 0.125. The Hall–Kier alpha value is -2.24. The Balaban J connectivity index is 2.92. The fourth-order valence-electron chi connectivity index (χ4n) is 1.41. The Morgan fingerprint density at radius 2 is 2.12 bits per heavy atom. The van der Waals surface area contributed by atoms with Gasteiger partial charge in [-0.15, -0.1) is 0 Å². The molecule has 1 aromatic rings. The topological polar surface area (TPSA) is 95.7 Å². The van der Waals surface area contributed by atoms with Gasteiger partial charge in [0.1, 0.15) is 0 Å². The van der Waals surface area contributed by atoms with Crippen molar-refractivity contribution < 1.29 is 14.7 Å². The molecule has 1 rings (SSSR count). The Morgan fingerprint density at radius 3 is 2.59 bits per heavy atom. The molecule has 4 N–H and O–H groups in total. The number of benzene rings is 1. The number of nitrogens with zero attached hydrogens (tertiary/aromatic N) is 1. The van der Waals surface area contributed by atoms with Crippen LogP contribution in [-0.2, 0) is 4.79 Å². The lowest BCUT2D eigenvalue weighted by molar-refractivity contribution is -0.119. The average molecular weight is 237 g/mol. The molecule has 6 nitrogen and oxygen atoms in total. The molecule has 0 unspecified atom stereocenters. The summed E-state index contributed by atoms with van der Waals surface area (Å²) in [6, 6.07) is 4.41. The number of hydrogen-bond acceptors (Lipinski definition) is 4. The molecule has 6 heteroatoms. The molecule has 0 radical (unpaired) electrons. The molecular weight excluding hydrogens is 222 g/mol. The fourth-order valence-corrected chi connectivity index (χ4v) is 1.41. The summed E-state index contributed by atoms with van der Waals surface area (Å²) in [5.41, 5.74) is 6.82. The van der Waals surface area contributed by atoms with E-state index in [1.807, 2.05) is 0 Å². The highest BCUT2D eigenvalue weighted by atomic mass is 16.4. The Morgan fingerprint density at radius 1 is 1.47 bits per heavy atom. The smallest absolute Gasteiger partial charge is 0.335 e. The summed E-state index contributed by atoms with van der Waals surface area (Å²) in [5, 5.41) is 11.3. The number of anilines is 2. The molecule has 0 aliphatic carbocycles. The molecule has 92 valence electrons. The van der Waals surface area contributed by atoms with Crippen LogP contribution in [-0.4, -0.2) is 37.6 Å². The van der Waals surface area contributed by atoms with Crippen LogP contribution in [0, 0.1) is 0 Å². The molecule has 0 bridgehead atoms. The first-order valence-electron chi connectivity index (χ1n) is 5.00. The number of hydrogen-bond donors (Lipinski definition) is 3. The van der Waals surface area contributed by atoms with Crippen LogP contribution in [0.4, 0.5) is 11.4 Å². The van der Waals surface area contributed by atoms with E-state index in [0.717, 1.165) is 0 Å². The molecule has 0 atom stereocenters. The molecule has 0 fully saturated rings. The van der Waals surface area contributed by atoms with Crippen molar-refractivity contribution in [2.45, 2.75) is 0 Å². The monoisotopic (exact) mass is 237 g/mol. The van der Waals surface area contributed by atoms with Gasteiger partial charge in [0.2, 0.25) is 5.91 Å². The second-order valence-electron chi connectivity index (χ2n) is 3.61. The summed E-state index contributed by atoms with van der Waals surface area (Å²) in [7, 11) is 3.26. The minimum atomic E-state index is -1.03. The predicted octanol–water partition coefficient (Wildman–Crippen LogP) is 0.149. The molecular formula is C11H15N3O3. The number of aromatic carboxylic acids is 1. The summed E-state index contributed by atoms with van der Waals surface area (Å²) >= 11 is 0. The van der Waals surface area contributed by atoms with Crippen LogP contribution < -0.4 is 16.0 Å². The van der Waals surface area contributed by atoms with E-state index in [0.29, 0.717) is 11.4 Å². The summed E-state index contributed by atoms with van der Waals surface area (Å²) < 4.78 is 0. The van der Waals surface area contributed by atoms with Gasteiger partial charge in [-0.25, -0.2) is 4.79 Å². The first kappa shape index (κ1) is 12.8. The van der Waals surface area contributed by atoms with E-state index in [9.17, 15) is 9.59 Å². The van der Waals surface area contributed by atoms with Gasteiger partial charge in [0.25, 0.3) is 0 Å². The summed E-state index contributed by atoms with van der Waals surface area (Å²) in [4.78, 5) is 23.6. The van der Waals surface area contributed by atoms with Crippen LogP contribution in [0.3, 0.4) is 0 Å². The zero-order valence-corrected chi connectivity index (χ0v) is 9.73. The highest BCUT2D eigenvalue weighted by molar-refractivity contribution is 5.91. The average Bonchev–Trinajstić information content (AvgIpc) is 2.28. The van der Waals surface area contributed by atoms with E-state index < -0.39 is 5.97 Å². The van der Waals surface area contributed by atoms with Crippen molar-refractivity contribution in [1.82, 2.24) is 5.32 Å². The van der Waals surface area contributed by atoms with Gasteiger partial charge in [0.05, 0.1) is 23.5 Å². The van der Waals surface area contributed by atoms with Crippen LogP contribution in [0.5, 0.6) is 0 Å². The van der Waals surface area contributed by atoms with Crippen molar-refractivity contribution in [3.05, 3.63) is 23.8 Å². The van der Waals surface area contributed by atoms with Gasteiger partial charge in [-0.2, -0.15) is 0 Å². The van der Waals surface area contributed by atoms with E-state index >= 15 is 0 Å². The van der Waals surface area contributed by atoms with Gasteiger partial charge in [-0.3, -0.25) is 4.79 Å². The van der Waals surface area contributed by atoms with Crippen LogP contribution in [0.15, 0.2) is 18.2 Å².